The monoisotopic (exact) mass is 271 g/mol. The summed E-state index contributed by atoms with van der Waals surface area (Å²) < 4.78 is 5.09. The molecule has 0 saturated carbocycles. The van der Waals surface area contributed by atoms with Crippen molar-refractivity contribution in [2.45, 2.75) is 20.4 Å². The number of benzene rings is 1. The molecule has 104 valence electrons. The molecule has 2 aromatic rings. The zero-order chi connectivity index (χ0) is 14.5. The van der Waals surface area contributed by atoms with Crippen LogP contribution < -0.4 is 10.1 Å². The second kappa shape index (κ2) is 6.14. The van der Waals surface area contributed by atoms with E-state index < -0.39 is 0 Å². The highest BCUT2D eigenvalue weighted by molar-refractivity contribution is 5.93. The van der Waals surface area contributed by atoms with E-state index in [1.54, 1.807) is 7.11 Å². The summed E-state index contributed by atoms with van der Waals surface area (Å²) in [6.45, 7) is 4.15. The number of ether oxygens (including phenoxy) is 1. The number of aromatic nitrogens is 2. The number of methoxy groups -OCH3 is 1. The lowest BCUT2D eigenvalue weighted by Gasteiger charge is -2.08. The Hall–Kier alpha value is -2.43. The fraction of sp³-hybridized carbons (Fsp3) is 0.267. The standard InChI is InChI=1S/C15H17N3O2/c1-10-11(2)17-9-18-14(10)15(19)16-8-12-4-6-13(20-3)7-5-12/h4-7,9H,8H2,1-3H3,(H,16,19). The summed E-state index contributed by atoms with van der Waals surface area (Å²) in [5.41, 5.74) is 3.04. The summed E-state index contributed by atoms with van der Waals surface area (Å²) in [5.74, 6) is 0.603. The zero-order valence-electron chi connectivity index (χ0n) is 11.8. The van der Waals surface area contributed by atoms with Gasteiger partial charge in [0.2, 0.25) is 0 Å². The molecule has 1 aromatic carbocycles. The molecule has 0 unspecified atom stereocenters. The van der Waals surface area contributed by atoms with Crippen molar-refractivity contribution in [1.29, 1.82) is 0 Å². The molecule has 2 rings (SSSR count). The van der Waals surface area contributed by atoms with Crippen molar-refractivity contribution in [1.82, 2.24) is 15.3 Å². The maximum absolute atomic E-state index is 12.1. The summed E-state index contributed by atoms with van der Waals surface area (Å²) in [7, 11) is 1.62. The van der Waals surface area contributed by atoms with E-state index >= 15 is 0 Å². The first-order chi connectivity index (χ1) is 9.61. The summed E-state index contributed by atoms with van der Waals surface area (Å²) >= 11 is 0. The van der Waals surface area contributed by atoms with Crippen LogP contribution in [0.25, 0.3) is 0 Å². The van der Waals surface area contributed by atoms with E-state index in [1.165, 1.54) is 6.33 Å². The zero-order valence-corrected chi connectivity index (χ0v) is 11.8. The van der Waals surface area contributed by atoms with Crippen molar-refractivity contribution in [2.24, 2.45) is 0 Å². The van der Waals surface area contributed by atoms with E-state index in [0.29, 0.717) is 12.2 Å². The smallest absolute Gasteiger partial charge is 0.270 e. The molecule has 0 spiro atoms. The van der Waals surface area contributed by atoms with Crippen molar-refractivity contribution in [3.05, 3.63) is 53.1 Å². The molecule has 0 aliphatic rings. The molecule has 0 radical (unpaired) electrons. The third-order valence-electron chi connectivity index (χ3n) is 3.16. The van der Waals surface area contributed by atoms with Crippen LogP contribution in [0.5, 0.6) is 5.75 Å². The molecular formula is C15H17N3O2. The Morgan fingerprint density at radius 1 is 1.20 bits per heavy atom. The summed E-state index contributed by atoms with van der Waals surface area (Å²) in [4.78, 5) is 20.2. The van der Waals surface area contributed by atoms with E-state index in [-0.39, 0.29) is 5.91 Å². The predicted molar refractivity (Wildman–Crippen MR) is 75.7 cm³/mol. The second-order valence-electron chi connectivity index (χ2n) is 4.46. The summed E-state index contributed by atoms with van der Waals surface area (Å²) in [6, 6.07) is 7.55. The van der Waals surface area contributed by atoms with Crippen molar-refractivity contribution in [3.8, 4) is 5.75 Å². The molecule has 0 fully saturated rings. The molecular weight excluding hydrogens is 254 g/mol. The fourth-order valence-electron chi connectivity index (χ4n) is 1.78. The Labute approximate surface area is 118 Å². The molecule has 0 bridgehead atoms. The van der Waals surface area contributed by atoms with Crippen LogP contribution in [0.4, 0.5) is 0 Å². The van der Waals surface area contributed by atoms with Gasteiger partial charge < -0.3 is 10.1 Å². The van der Waals surface area contributed by atoms with E-state index in [9.17, 15) is 4.79 Å². The number of amides is 1. The van der Waals surface area contributed by atoms with Crippen LogP contribution in [0.15, 0.2) is 30.6 Å². The minimum Gasteiger partial charge on any atom is -0.497 e. The third kappa shape index (κ3) is 3.12. The molecule has 5 nitrogen and oxygen atoms in total. The van der Waals surface area contributed by atoms with Gasteiger partial charge in [-0.15, -0.1) is 0 Å². The quantitative estimate of drug-likeness (QED) is 0.924. The van der Waals surface area contributed by atoms with Crippen LogP contribution in [-0.4, -0.2) is 23.0 Å². The molecule has 0 atom stereocenters. The Bertz CT molecular complexity index is 609. The minimum absolute atomic E-state index is 0.191. The van der Waals surface area contributed by atoms with Crippen LogP contribution in [-0.2, 0) is 6.54 Å². The third-order valence-corrected chi connectivity index (χ3v) is 3.16. The molecule has 1 heterocycles. The number of hydrogen-bond donors (Lipinski definition) is 1. The Morgan fingerprint density at radius 2 is 1.90 bits per heavy atom. The number of rotatable bonds is 4. The molecule has 1 aromatic heterocycles. The van der Waals surface area contributed by atoms with E-state index in [0.717, 1.165) is 22.6 Å². The van der Waals surface area contributed by atoms with Crippen LogP contribution in [0.1, 0.15) is 27.3 Å². The van der Waals surface area contributed by atoms with Crippen molar-refractivity contribution in [2.75, 3.05) is 7.11 Å². The Kier molecular flexibility index (Phi) is 4.30. The van der Waals surface area contributed by atoms with Gasteiger partial charge in [-0.3, -0.25) is 4.79 Å². The topological polar surface area (TPSA) is 64.1 Å². The average molecular weight is 271 g/mol. The van der Waals surface area contributed by atoms with Crippen molar-refractivity contribution < 1.29 is 9.53 Å². The maximum Gasteiger partial charge on any atom is 0.270 e. The van der Waals surface area contributed by atoms with Crippen molar-refractivity contribution >= 4 is 5.91 Å². The number of carbonyl (C=O) groups is 1. The lowest BCUT2D eigenvalue weighted by molar-refractivity contribution is 0.0945. The largest absolute Gasteiger partial charge is 0.497 e. The normalized spacial score (nSPS) is 10.2. The second-order valence-corrected chi connectivity index (χ2v) is 4.46. The lowest BCUT2D eigenvalue weighted by atomic mass is 10.1. The maximum atomic E-state index is 12.1. The van der Waals surface area contributed by atoms with E-state index in [2.05, 4.69) is 15.3 Å². The molecule has 0 aliphatic carbocycles. The fourth-order valence-corrected chi connectivity index (χ4v) is 1.78. The molecule has 0 saturated heterocycles. The van der Waals surface area contributed by atoms with Crippen LogP contribution in [0, 0.1) is 13.8 Å². The van der Waals surface area contributed by atoms with Crippen LogP contribution >= 0.6 is 0 Å². The molecule has 1 amide bonds. The first kappa shape index (κ1) is 14.0. The van der Waals surface area contributed by atoms with E-state index in [1.807, 2.05) is 38.1 Å². The Morgan fingerprint density at radius 3 is 2.55 bits per heavy atom. The number of hydrogen-bond acceptors (Lipinski definition) is 4. The average Bonchev–Trinajstić information content (AvgIpc) is 2.48. The van der Waals surface area contributed by atoms with Gasteiger partial charge >= 0.3 is 0 Å². The highest BCUT2D eigenvalue weighted by Crippen LogP contribution is 2.11. The molecule has 0 aliphatic heterocycles. The molecule has 5 heteroatoms. The minimum atomic E-state index is -0.191. The highest BCUT2D eigenvalue weighted by Gasteiger charge is 2.12. The first-order valence-electron chi connectivity index (χ1n) is 6.31. The number of nitrogens with zero attached hydrogens (tertiary/aromatic N) is 2. The van der Waals surface area contributed by atoms with Gasteiger partial charge in [0, 0.05) is 17.8 Å². The molecule has 20 heavy (non-hydrogen) atoms. The number of carbonyl (C=O) groups excluding carboxylic acids is 1. The number of nitrogens with one attached hydrogen (secondary N) is 1. The summed E-state index contributed by atoms with van der Waals surface area (Å²) in [6.07, 6.45) is 1.41. The lowest BCUT2D eigenvalue weighted by Crippen LogP contribution is -2.25. The highest BCUT2D eigenvalue weighted by atomic mass is 16.5. The van der Waals surface area contributed by atoms with Gasteiger partial charge in [-0.05, 0) is 31.5 Å². The molecule has 1 N–H and O–H groups in total. The van der Waals surface area contributed by atoms with Crippen molar-refractivity contribution in [3.63, 3.8) is 0 Å². The van der Waals surface area contributed by atoms with Gasteiger partial charge in [0.25, 0.3) is 5.91 Å². The predicted octanol–water partition coefficient (Wildman–Crippen LogP) is 2.03. The van der Waals surface area contributed by atoms with Gasteiger partial charge in [-0.2, -0.15) is 0 Å². The number of aryl methyl sites for hydroxylation is 1. The Balaban J connectivity index is 2.02. The van der Waals surface area contributed by atoms with Gasteiger partial charge in [-0.1, -0.05) is 12.1 Å². The van der Waals surface area contributed by atoms with Gasteiger partial charge in [0.15, 0.2) is 0 Å². The SMILES string of the molecule is COc1ccc(CNC(=O)c2ncnc(C)c2C)cc1. The van der Waals surface area contributed by atoms with Gasteiger partial charge in [0.1, 0.15) is 17.8 Å². The van der Waals surface area contributed by atoms with Crippen LogP contribution in [0.2, 0.25) is 0 Å². The van der Waals surface area contributed by atoms with Crippen LogP contribution in [0.3, 0.4) is 0 Å². The first-order valence-corrected chi connectivity index (χ1v) is 6.31. The van der Waals surface area contributed by atoms with E-state index in [4.69, 9.17) is 4.74 Å². The summed E-state index contributed by atoms with van der Waals surface area (Å²) in [5, 5.41) is 2.85. The van der Waals surface area contributed by atoms with Gasteiger partial charge in [0.05, 0.1) is 7.11 Å². The van der Waals surface area contributed by atoms with Gasteiger partial charge in [-0.25, -0.2) is 9.97 Å².